The van der Waals surface area contributed by atoms with E-state index in [0.29, 0.717) is 0 Å². The summed E-state index contributed by atoms with van der Waals surface area (Å²) in [5.41, 5.74) is 2.92. The van der Waals surface area contributed by atoms with Crippen LogP contribution in [0, 0.1) is 6.92 Å². The fourth-order valence-electron chi connectivity index (χ4n) is 1.84. The summed E-state index contributed by atoms with van der Waals surface area (Å²) in [6, 6.07) is 10.4. The molecule has 3 rings (SSSR count). The monoisotopic (exact) mass is 255 g/mol. The third-order valence-corrected chi connectivity index (χ3v) is 3.73. The zero-order valence-corrected chi connectivity index (χ0v) is 10.9. The van der Waals surface area contributed by atoms with Crippen LogP contribution >= 0.6 is 11.3 Å². The standard InChI is InChI=1S/C14H13N3S/c1-10-2-4-12(18-10)9-17-11-3-5-13-14(8-11)16-7-6-15-13/h2-8,17H,9H2,1H3. The molecule has 0 spiro atoms. The second-order valence-electron chi connectivity index (χ2n) is 4.13. The highest BCUT2D eigenvalue weighted by Gasteiger charge is 1.99. The maximum Gasteiger partial charge on any atom is 0.0907 e. The first kappa shape index (κ1) is 11.2. The summed E-state index contributed by atoms with van der Waals surface area (Å²) in [4.78, 5) is 11.2. The lowest BCUT2D eigenvalue weighted by Gasteiger charge is -2.05. The van der Waals surface area contributed by atoms with Gasteiger partial charge in [-0.2, -0.15) is 0 Å². The lowest BCUT2D eigenvalue weighted by atomic mass is 10.2. The highest BCUT2D eigenvalue weighted by molar-refractivity contribution is 7.11. The van der Waals surface area contributed by atoms with Crippen molar-refractivity contribution in [2.24, 2.45) is 0 Å². The minimum Gasteiger partial charge on any atom is -0.380 e. The Morgan fingerprint density at radius 1 is 1.06 bits per heavy atom. The molecule has 0 atom stereocenters. The van der Waals surface area contributed by atoms with Gasteiger partial charge in [-0.15, -0.1) is 11.3 Å². The molecule has 0 fully saturated rings. The smallest absolute Gasteiger partial charge is 0.0907 e. The Kier molecular flexibility index (Phi) is 2.94. The van der Waals surface area contributed by atoms with Crippen LogP contribution in [-0.4, -0.2) is 9.97 Å². The van der Waals surface area contributed by atoms with E-state index in [4.69, 9.17) is 0 Å². The first-order valence-electron chi connectivity index (χ1n) is 5.81. The number of aromatic nitrogens is 2. The summed E-state index contributed by atoms with van der Waals surface area (Å²) < 4.78 is 0. The van der Waals surface area contributed by atoms with Gasteiger partial charge in [0.05, 0.1) is 11.0 Å². The molecule has 0 saturated heterocycles. The van der Waals surface area contributed by atoms with Crippen LogP contribution in [0.3, 0.4) is 0 Å². The Bertz CT molecular complexity index is 675. The van der Waals surface area contributed by atoms with Crippen molar-refractivity contribution in [3.8, 4) is 0 Å². The molecular weight excluding hydrogens is 242 g/mol. The van der Waals surface area contributed by atoms with Crippen molar-refractivity contribution in [3.63, 3.8) is 0 Å². The highest BCUT2D eigenvalue weighted by atomic mass is 32.1. The number of nitrogens with one attached hydrogen (secondary N) is 1. The van der Waals surface area contributed by atoms with E-state index in [0.717, 1.165) is 23.3 Å². The number of hydrogen-bond acceptors (Lipinski definition) is 4. The number of fused-ring (bicyclic) bond motifs is 1. The Morgan fingerprint density at radius 2 is 1.89 bits per heavy atom. The molecule has 0 aliphatic rings. The van der Waals surface area contributed by atoms with E-state index in [1.165, 1.54) is 9.75 Å². The lowest BCUT2D eigenvalue weighted by molar-refractivity contribution is 1.19. The molecule has 2 heterocycles. The number of thiophene rings is 1. The number of aryl methyl sites for hydroxylation is 1. The van der Waals surface area contributed by atoms with Crippen molar-refractivity contribution in [2.75, 3.05) is 5.32 Å². The molecule has 18 heavy (non-hydrogen) atoms. The van der Waals surface area contributed by atoms with Gasteiger partial charge in [-0.1, -0.05) is 0 Å². The predicted octanol–water partition coefficient (Wildman–Crippen LogP) is 3.61. The molecule has 1 N–H and O–H groups in total. The molecule has 0 saturated carbocycles. The average molecular weight is 255 g/mol. The number of anilines is 1. The summed E-state index contributed by atoms with van der Waals surface area (Å²) in [5, 5.41) is 3.41. The van der Waals surface area contributed by atoms with E-state index in [9.17, 15) is 0 Å². The van der Waals surface area contributed by atoms with Crippen LogP contribution in [-0.2, 0) is 6.54 Å². The first-order chi connectivity index (χ1) is 8.81. The summed E-state index contributed by atoms with van der Waals surface area (Å²) in [7, 11) is 0. The summed E-state index contributed by atoms with van der Waals surface area (Å²) >= 11 is 1.82. The second-order valence-corrected chi connectivity index (χ2v) is 5.50. The van der Waals surface area contributed by atoms with Crippen LogP contribution in [0.25, 0.3) is 11.0 Å². The van der Waals surface area contributed by atoms with E-state index < -0.39 is 0 Å². The van der Waals surface area contributed by atoms with E-state index in [1.807, 2.05) is 29.5 Å². The molecule has 1 aromatic carbocycles. The maximum absolute atomic E-state index is 4.30. The topological polar surface area (TPSA) is 37.8 Å². The summed E-state index contributed by atoms with van der Waals surface area (Å²) in [5.74, 6) is 0. The van der Waals surface area contributed by atoms with Crippen molar-refractivity contribution >= 4 is 28.1 Å². The van der Waals surface area contributed by atoms with Gasteiger partial charge < -0.3 is 5.32 Å². The van der Waals surface area contributed by atoms with E-state index >= 15 is 0 Å². The van der Waals surface area contributed by atoms with Crippen molar-refractivity contribution in [2.45, 2.75) is 13.5 Å². The molecule has 0 unspecified atom stereocenters. The molecule has 3 nitrogen and oxygen atoms in total. The quantitative estimate of drug-likeness (QED) is 0.777. The molecular formula is C14H13N3S. The molecule has 0 bridgehead atoms. The van der Waals surface area contributed by atoms with Gasteiger partial charge in [-0.25, -0.2) is 0 Å². The number of benzene rings is 1. The Hall–Kier alpha value is -1.94. The fourth-order valence-corrected chi connectivity index (χ4v) is 2.67. The predicted molar refractivity (Wildman–Crippen MR) is 75.9 cm³/mol. The van der Waals surface area contributed by atoms with Crippen LogP contribution < -0.4 is 5.32 Å². The molecule has 4 heteroatoms. The van der Waals surface area contributed by atoms with E-state index in [-0.39, 0.29) is 0 Å². The Balaban J connectivity index is 1.78. The molecule has 0 aliphatic carbocycles. The number of rotatable bonds is 3. The Labute approximate surface area is 110 Å². The summed E-state index contributed by atoms with van der Waals surface area (Å²) in [6.45, 7) is 2.98. The van der Waals surface area contributed by atoms with Crippen LogP contribution in [0.15, 0.2) is 42.7 Å². The van der Waals surface area contributed by atoms with Crippen molar-refractivity contribution in [3.05, 3.63) is 52.5 Å². The third-order valence-electron chi connectivity index (χ3n) is 2.73. The van der Waals surface area contributed by atoms with Crippen LogP contribution in [0.2, 0.25) is 0 Å². The highest BCUT2D eigenvalue weighted by Crippen LogP contribution is 2.19. The van der Waals surface area contributed by atoms with Gasteiger partial charge in [-0.3, -0.25) is 9.97 Å². The van der Waals surface area contributed by atoms with Crippen LogP contribution in [0.1, 0.15) is 9.75 Å². The van der Waals surface area contributed by atoms with Crippen LogP contribution in [0.4, 0.5) is 5.69 Å². The van der Waals surface area contributed by atoms with Gasteiger partial charge in [0.15, 0.2) is 0 Å². The SMILES string of the molecule is Cc1ccc(CNc2ccc3nccnc3c2)s1. The van der Waals surface area contributed by atoms with Gasteiger partial charge in [-0.05, 0) is 37.3 Å². The van der Waals surface area contributed by atoms with Crippen molar-refractivity contribution < 1.29 is 0 Å². The first-order valence-corrected chi connectivity index (χ1v) is 6.63. The zero-order chi connectivity index (χ0) is 12.4. The summed E-state index contributed by atoms with van der Waals surface area (Å²) in [6.07, 6.45) is 3.43. The van der Waals surface area contributed by atoms with Crippen LogP contribution in [0.5, 0.6) is 0 Å². The average Bonchev–Trinajstić information content (AvgIpc) is 2.82. The van der Waals surface area contributed by atoms with Gasteiger partial charge in [0, 0.05) is 34.4 Å². The Morgan fingerprint density at radius 3 is 2.67 bits per heavy atom. The molecule has 2 aromatic heterocycles. The van der Waals surface area contributed by atoms with Gasteiger partial charge in [0.2, 0.25) is 0 Å². The minimum absolute atomic E-state index is 0.851. The zero-order valence-electron chi connectivity index (χ0n) is 10.1. The number of hydrogen-bond donors (Lipinski definition) is 1. The van der Waals surface area contributed by atoms with Crippen molar-refractivity contribution in [1.82, 2.24) is 9.97 Å². The van der Waals surface area contributed by atoms with E-state index in [2.05, 4.69) is 34.3 Å². The van der Waals surface area contributed by atoms with Gasteiger partial charge in [0.25, 0.3) is 0 Å². The molecule has 0 amide bonds. The molecule has 3 aromatic rings. The lowest BCUT2D eigenvalue weighted by Crippen LogP contribution is -1.97. The van der Waals surface area contributed by atoms with Crippen molar-refractivity contribution in [1.29, 1.82) is 0 Å². The second kappa shape index (κ2) is 4.74. The fraction of sp³-hybridized carbons (Fsp3) is 0.143. The minimum atomic E-state index is 0.851. The van der Waals surface area contributed by atoms with Gasteiger partial charge in [0.1, 0.15) is 0 Å². The molecule has 0 aliphatic heterocycles. The number of nitrogens with zero attached hydrogens (tertiary/aromatic N) is 2. The molecule has 90 valence electrons. The molecule has 0 radical (unpaired) electrons. The third kappa shape index (κ3) is 2.33. The maximum atomic E-state index is 4.30. The van der Waals surface area contributed by atoms with E-state index in [1.54, 1.807) is 12.4 Å². The van der Waals surface area contributed by atoms with Gasteiger partial charge >= 0.3 is 0 Å². The largest absolute Gasteiger partial charge is 0.380 e. The normalized spacial score (nSPS) is 10.7.